The van der Waals surface area contributed by atoms with Crippen LogP contribution in [0.2, 0.25) is 5.02 Å². The molecule has 1 saturated carbocycles. The first-order valence-corrected chi connectivity index (χ1v) is 19.5. The smallest absolute Gasteiger partial charge is 0.306 e. The number of aliphatic carboxylic acids is 1. The summed E-state index contributed by atoms with van der Waals surface area (Å²) in [6, 6.07) is 13.6. The summed E-state index contributed by atoms with van der Waals surface area (Å²) in [6.07, 6.45) is 8.03. The van der Waals surface area contributed by atoms with E-state index in [4.69, 9.17) is 21.6 Å². The number of imidazole rings is 1. The minimum absolute atomic E-state index is 0.215. The highest BCUT2D eigenvalue weighted by Gasteiger charge is 2.30. The van der Waals surface area contributed by atoms with Gasteiger partial charge in [0.25, 0.3) is 5.91 Å². The summed E-state index contributed by atoms with van der Waals surface area (Å²) < 4.78 is 1.89. The number of rotatable bonds is 10. The predicted octanol–water partition coefficient (Wildman–Crippen LogP) is 6.20. The molecule has 1 saturated heterocycles. The topological polar surface area (TPSA) is 162 Å². The van der Waals surface area contributed by atoms with Crippen LogP contribution in [-0.2, 0) is 31.4 Å². The SMILES string of the molecule is Cc1c(Nc2ncnc3cc(CN4CC[C@@H](O)C4)cnc23)cccc1-c1cccc(NC(=O)c2nc3c(n2C)CCN(CC2CCC(C(=O)O)CC2)C3)c1Cl. The Bertz CT molecular complexity index is 2250. The summed E-state index contributed by atoms with van der Waals surface area (Å²) in [5.74, 6) is 0.189. The number of likely N-dealkylation sites (tertiary alicyclic amines) is 1. The lowest BCUT2D eigenvalue weighted by molar-refractivity contribution is -0.143. The molecule has 8 rings (SSSR count). The zero-order valence-electron chi connectivity index (χ0n) is 31.1. The number of anilines is 3. The number of carbonyl (C=O) groups is 2. The standard InChI is InChI=1S/C41H46ClN9O4/c1-24-29(5-3-7-31(24)46-38-37-33(44-23-45-38)17-26(18-43-37)20-50-15-13-28(52)21-50)30-6-4-8-32(36(30)42)48-40(53)39-47-34-22-51(16-14-35(34)49(39)2)19-25-9-11-27(12-10-25)41(54)55/h3-8,17-18,23,25,27-28,52H,9-16,19-22H2,1-2H3,(H,48,53)(H,54,55)(H,44,45,46)/t25?,27?,28-/m1/s1. The van der Waals surface area contributed by atoms with E-state index in [1.165, 1.54) is 6.33 Å². The van der Waals surface area contributed by atoms with E-state index in [9.17, 15) is 19.8 Å². The maximum Gasteiger partial charge on any atom is 0.306 e. The molecule has 1 atom stereocenters. The number of pyridine rings is 1. The number of nitrogens with zero attached hydrogens (tertiary/aromatic N) is 7. The summed E-state index contributed by atoms with van der Waals surface area (Å²) >= 11 is 7.05. The van der Waals surface area contributed by atoms with Crippen molar-refractivity contribution in [3.05, 3.63) is 88.4 Å². The Kier molecular flexibility index (Phi) is 10.5. The molecule has 0 spiro atoms. The summed E-state index contributed by atoms with van der Waals surface area (Å²) in [7, 11) is 1.89. The van der Waals surface area contributed by atoms with E-state index in [1.54, 1.807) is 6.07 Å². The molecule has 4 N–H and O–H groups in total. The highest BCUT2D eigenvalue weighted by molar-refractivity contribution is 6.36. The normalized spacial score (nSPS) is 20.4. The van der Waals surface area contributed by atoms with Crippen LogP contribution < -0.4 is 10.6 Å². The Morgan fingerprint density at radius 3 is 2.51 bits per heavy atom. The number of benzene rings is 2. The second-order valence-corrected chi connectivity index (χ2v) is 15.6. The van der Waals surface area contributed by atoms with Gasteiger partial charge < -0.3 is 25.4 Å². The van der Waals surface area contributed by atoms with E-state index in [1.807, 2.05) is 61.1 Å². The molecule has 14 heteroatoms. The molecule has 0 bridgehead atoms. The van der Waals surface area contributed by atoms with Crippen LogP contribution in [0.5, 0.6) is 0 Å². The van der Waals surface area contributed by atoms with Crippen LogP contribution in [0.3, 0.4) is 0 Å². The minimum atomic E-state index is -0.678. The molecule has 2 aromatic carbocycles. The molecule has 0 radical (unpaired) electrons. The van der Waals surface area contributed by atoms with Gasteiger partial charge in [0.05, 0.1) is 33.9 Å². The van der Waals surface area contributed by atoms with Crippen LogP contribution >= 0.6 is 11.6 Å². The summed E-state index contributed by atoms with van der Waals surface area (Å²) in [5.41, 5.74) is 8.34. The molecule has 2 aliphatic heterocycles. The number of carboxylic acid groups (broad SMARTS) is 1. The summed E-state index contributed by atoms with van der Waals surface area (Å²) in [6.45, 7) is 6.71. The number of aliphatic hydroxyl groups excluding tert-OH is 1. The average molecular weight is 764 g/mol. The molecule has 2 fully saturated rings. The predicted molar refractivity (Wildman–Crippen MR) is 211 cm³/mol. The Morgan fingerprint density at radius 1 is 0.964 bits per heavy atom. The first-order valence-electron chi connectivity index (χ1n) is 19.1. The number of aromatic nitrogens is 5. The van der Waals surface area contributed by atoms with Crippen molar-refractivity contribution in [1.82, 2.24) is 34.3 Å². The van der Waals surface area contributed by atoms with Gasteiger partial charge in [0, 0.05) is 75.9 Å². The summed E-state index contributed by atoms with van der Waals surface area (Å²) in [5, 5.41) is 26.2. The van der Waals surface area contributed by atoms with Crippen molar-refractivity contribution in [2.45, 2.75) is 64.6 Å². The van der Waals surface area contributed by atoms with Crippen LogP contribution in [0.15, 0.2) is 55.0 Å². The third-order valence-electron chi connectivity index (χ3n) is 11.6. The third kappa shape index (κ3) is 7.79. The van der Waals surface area contributed by atoms with E-state index in [2.05, 4.69) is 30.4 Å². The molecular weight excluding hydrogens is 718 g/mol. The minimum Gasteiger partial charge on any atom is -0.481 e. The monoisotopic (exact) mass is 763 g/mol. The number of β-amino-alcohol motifs (C(OH)–C–C–N with tert-alkyl or cyclic N) is 1. The van der Waals surface area contributed by atoms with E-state index in [0.29, 0.717) is 53.4 Å². The van der Waals surface area contributed by atoms with Gasteiger partial charge in [0.1, 0.15) is 11.8 Å². The fourth-order valence-corrected chi connectivity index (χ4v) is 8.76. The molecule has 0 unspecified atom stereocenters. The van der Waals surface area contributed by atoms with E-state index in [0.717, 1.165) is 103 Å². The van der Waals surface area contributed by atoms with E-state index < -0.39 is 5.97 Å². The van der Waals surface area contributed by atoms with Crippen molar-refractivity contribution in [2.75, 3.05) is 36.8 Å². The molecule has 1 aliphatic carbocycles. The zero-order valence-corrected chi connectivity index (χ0v) is 31.9. The lowest BCUT2D eigenvalue weighted by atomic mass is 9.81. The van der Waals surface area contributed by atoms with Gasteiger partial charge in [0.15, 0.2) is 11.6 Å². The molecule has 286 valence electrons. The number of hydrogen-bond donors (Lipinski definition) is 4. The number of fused-ring (bicyclic) bond motifs is 2. The van der Waals surface area contributed by atoms with E-state index >= 15 is 0 Å². The number of nitrogens with one attached hydrogen (secondary N) is 2. The second kappa shape index (κ2) is 15.7. The van der Waals surface area contributed by atoms with Crippen molar-refractivity contribution < 1.29 is 19.8 Å². The number of amides is 1. The fraction of sp³-hybridized carbons (Fsp3) is 0.415. The van der Waals surface area contributed by atoms with Crippen molar-refractivity contribution in [2.24, 2.45) is 18.9 Å². The average Bonchev–Trinajstić information content (AvgIpc) is 3.74. The molecule has 1 amide bonds. The van der Waals surface area contributed by atoms with Gasteiger partial charge in [-0.05, 0) is 79.8 Å². The molecule has 13 nitrogen and oxygen atoms in total. The van der Waals surface area contributed by atoms with Gasteiger partial charge >= 0.3 is 5.97 Å². The molecule has 3 aliphatic rings. The van der Waals surface area contributed by atoms with Crippen LogP contribution in [0.4, 0.5) is 17.2 Å². The van der Waals surface area contributed by atoms with Gasteiger partial charge in [-0.3, -0.25) is 24.4 Å². The van der Waals surface area contributed by atoms with Gasteiger partial charge in [0.2, 0.25) is 0 Å². The van der Waals surface area contributed by atoms with Gasteiger partial charge in [-0.25, -0.2) is 15.0 Å². The molecular formula is C41H46ClN9O4. The Balaban J connectivity index is 0.959. The zero-order chi connectivity index (χ0) is 38.2. The number of halogens is 1. The summed E-state index contributed by atoms with van der Waals surface area (Å²) in [4.78, 5) is 48.3. The molecule has 55 heavy (non-hydrogen) atoms. The fourth-order valence-electron chi connectivity index (χ4n) is 8.48. The van der Waals surface area contributed by atoms with Gasteiger partial charge in [-0.1, -0.05) is 35.9 Å². The number of aliphatic hydroxyl groups is 1. The first kappa shape index (κ1) is 37.0. The second-order valence-electron chi connectivity index (χ2n) is 15.3. The third-order valence-corrected chi connectivity index (χ3v) is 12.0. The highest BCUT2D eigenvalue weighted by atomic mass is 35.5. The number of carboxylic acids is 1. The van der Waals surface area contributed by atoms with Crippen LogP contribution in [-0.4, -0.2) is 88.7 Å². The Hall–Kier alpha value is -4.95. The lowest BCUT2D eigenvalue weighted by Gasteiger charge is -2.33. The maximum absolute atomic E-state index is 13.7. The van der Waals surface area contributed by atoms with Crippen LogP contribution in [0.25, 0.3) is 22.2 Å². The number of carbonyl (C=O) groups excluding carboxylic acids is 1. The van der Waals surface area contributed by atoms with Crippen molar-refractivity contribution in [3.8, 4) is 11.1 Å². The molecule has 3 aromatic heterocycles. The first-order chi connectivity index (χ1) is 26.6. The Labute approximate surface area is 324 Å². The van der Waals surface area contributed by atoms with E-state index in [-0.39, 0.29) is 17.9 Å². The van der Waals surface area contributed by atoms with Gasteiger partial charge in [-0.2, -0.15) is 0 Å². The van der Waals surface area contributed by atoms with Crippen LogP contribution in [0.1, 0.15) is 65.2 Å². The molecule has 5 heterocycles. The Morgan fingerprint density at radius 2 is 1.75 bits per heavy atom. The van der Waals surface area contributed by atoms with Crippen molar-refractivity contribution in [3.63, 3.8) is 0 Å². The lowest BCUT2D eigenvalue weighted by Crippen LogP contribution is -2.36. The van der Waals surface area contributed by atoms with Crippen molar-refractivity contribution in [1.29, 1.82) is 0 Å². The largest absolute Gasteiger partial charge is 0.481 e. The highest BCUT2D eigenvalue weighted by Crippen LogP contribution is 2.39. The molecule has 5 aromatic rings. The maximum atomic E-state index is 13.7. The number of hydrogen-bond acceptors (Lipinski definition) is 10. The van der Waals surface area contributed by atoms with Crippen LogP contribution in [0, 0.1) is 18.8 Å². The van der Waals surface area contributed by atoms with Gasteiger partial charge in [-0.15, -0.1) is 0 Å². The quantitative estimate of drug-likeness (QED) is 0.128. The van der Waals surface area contributed by atoms with Crippen molar-refractivity contribution >= 4 is 51.7 Å².